The maximum absolute atomic E-state index is 12.9. The molecule has 0 aliphatic heterocycles. The van der Waals surface area contributed by atoms with E-state index in [0.717, 1.165) is 44.9 Å². The predicted molar refractivity (Wildman–Crippen MR) is 249 cm³/mol. The minimum absolute atomic E-state index is 0.0523. The maximum atomic E-state index is 12.9. The highest BCUT2D eigenvalue weighted by Crippen LogP contribution is 2.43. The first kappa shape index (κ1) is 56.5. The van der Waals surface area contributed by atoms with Crippen LogP contribution in [-0.2, 0) is 18.4 Å². The molecule has 3 atom stereocenters. The lowest BCUT2D eigenvalue weighted by Crippen LogP contribution is -2.45. The van der Waals surface area contributed by atoms with Gasteiger partial charge in [0.15, 0.2) is 0 Å². The molecular weight excluding hydrogens is 744 g/mol. The fourth-order valence-corrected chi connectivity index (χ4v) is 7.39. The number of quaternary nitrogens is 1. The zero-order valence-corrected chi connectivity index (χ0v) is 39.4. The van der Waals surface area contributed by atoms with Crippen LogP contribution in [0.2, 0.25) is 0 Å². The molecule has 0 aromatic rings. The molecule has 0 saturated heterocycles. The van der Waals surface area contributed by atoms with Crippen LogP contribution in [0.4, 0.5) is 0 Å². The number of amides is 1. The summed E-state index contributed by atoms with van der Waals surface area (Å²) in [5.41, 5.74) is 0. The van der Waals surface area contributed by atoms with Crippen molar-refractivity contribution in [1.29, 1.82) is 0 Å². The first-order valence-corrected chi connectivity index (χ1v) is 25.5. The SMILES string of the molecule is CCCCCCC/C=C/CC/C=C/CC/C=C/C(O)C(COP(=O)(O)OCC[N+](C)(C)C)NC(=O)CCCCCCCCCCC/C=C\CCCCCCCCCC. The third kappa shape index (κ3) is 42.6. The molecule has 9 heteroatoms. The van der Waals surface area contributed by atoms with Gasteiger partial charge in [-0.3, -0.25) is 13.8 Å². The van der Waals surface area contributed by atoms with Gasteiger partial charge in [0.25, 0.3) is 0 Å². The van der Waals surface area contributed by atoms with E-state index in [1.807, 2.05) is 27.2 Å². The minimum Gasteiger partial charge on any atom is -0.387 e. The van der Waals surface area contributed by atoms with Crippen LogP contribution in [0.25, 0.3) is 0 Å². The van der Waals surface area contributed by atoms with Crippen molar-refractivity contribution in [3.63, 3.8) is 0 Å². The summed E-state index contributed by atoms with van der Waals surface area (Å²) in [7, 11) is 1.54. The van der Waals surface area contributed by atoms with Crippen LogP contribution < -0.4 is 5.32 Å². The number of allylic oxidation sites excluding steroid dienone is 7. The van der Waals surface area contributed by atoms with Crippen LogP contribution in [0, 0.1) is 0 Å². The summed E-state index contributed by atoms with van der Waals surface area (Å²) in [6.45, 7) is 4.77. The summed E-state index contributed by atoms with van der Waals surface area (Å²) in [6, 6.07) is -0.870. The Morgan fingerprint density at radius 2 is 0.948 bits per heavy atom. The number of likely N-dealkylation sites (N-methyl/N-ethyl adjacent to an activating group) is 1. The van der Waals surface area contributed by atoms with Crippen molar-refractivity contribution in [2.75, 3.05) is 40.9 Å². The van der Waals surface area contributed by atoms with Crippen LogP contribution in [0.15, 0.2) is 48.6 Å². The van der Waals surface area contributed by atoms with Gasteiger partial charge in [-0.05, 0) is 70.6 Å². The highest BCUT2D eigenvalue weighted by Gasteiger charge is 2.27. The summed E-state index contributed by atoms with van der Waals surface area (Å²) in [5, 5.41) is 13.8. The number of carbonyl (C=O) groups is 1. The molecule has 58 heavy (non-hydrogen) atoms. The molecule has 0 saturated carbocycles. The topological polar surface area (TPSA) is 105 Å². The van der Waals surface area contributed by atoms with Gasteiger partial charge in [-0.25, -0.2) is 4.57 Å². The summed E-state index contributed by atoms with van der Waals surface area (Å²) in [4.78, 5) is 23.2. The highest BCUT2D eigenvalue weighted by molar-refractivity contribution is 7.47. The average molecular weight is 838 g/mol. The molecule has 3 unspecified atom stereocenters. The summed E-state index contributed by atoms with van der Waals surface area (Å²) in [6.07, 6.45) is 51.9. The number of aliphatic hydroxyl groups excluding tert-OH is 1. The van der Waals surface area contributed by atoms with Crippen molar-refractivity contribution in [1.82, 2.24) is 5.32 Å². The van der Waals surface area contributed by atoms with E-state index in [2.05, 4.69) is 55.6 Å². The van der Waals surface area contributed by atoms with E-state index >= 15 is 0 Å². The Bertz CT molecular complexity index is 1090. The van der Waals surface area contributed by atoms with Crippen molar-refractivity contribution < 1.29 is 32.9 Å². The van der Waals surface area contributed by atoms with Gasteiger partial charge in [-0.1, -0.05) is 178 Å². The van der Waals surface area contributed by atoms with Gasteiger partial charge in [0.1, 0.15) is 13.2 Å². The van der Waals surface area contributed by atoms with E-state index in [1.54, 1.807) is 6.08 Å². The van der Waals surface area contributed by atoms with E-state index < -0.39 is 20.0 Å². The van der Waals surface area contributed by atoms with Gasteiger partial charge >= 0.3 is 7.82 Å². The number of carbonyl (C=O) groups excluding carboxylic acids is 1. The highest BCUT2D eigenvalue weighted by atomic mass is 31.2. The van der Waals surface area contributed by atoms with E-state index in [-0.39, 0.29) is 19.1 Å². The number of aliphatic hydroxyl groups is 1. The molecule has 0 aliphatic carbocycles. The lowest BCUT2D eigenvalue weighted by Gasteiger charge is -2.25. The van der Waals surface area contributed by atoms with E-state index in [1.165, 1.54) is 141 Å². The molecule has 0 spiro atoms. The van der Waals surface area contributed by atoms with Gasteiger partial charge in [0.05, 0.1) is 39.9 Å². The Labute approximate surface area is 359 Å². The van der Waals surface area contributed by atoms with Crippen molar-refractivity contribution in [2.24, 2.45) is 0 Å². The van der Waals surface area contributed by atoms with Crippen LogP contribution in [0.5, 0.6) is 0 Å². The lowest BCUT2D eigenvalue weighted by molar-refractivity contribution is -0.870. The maximum Gasteiger partial charge on any atom is 0.472 e. The zero-order chi connectivity index (χ0) is 42.8. The molecule has 0 rings (SSSR count). The first-order valence-electron chi connectivity index (χ1n) is 24.0. The van der Waals surface area contributed by atoms with Crippen molar-refractivity contribution in [3.05, 3.63) is 48.6 Å². The summed E-state index contributed by atoms with van der Waals surface area (Å²) < 4.78 is 23.6. The summed E-state index contributed by atoms with van der Waals surface area (Å²) in [5.74, 6) is -0.194. The Hall–Kier alpha value is -1.54. The smallest absolute Gasteiger partial charge is 0.387 e. The number of nitrogens with one attached hydrogen (secondary N) is 1. The largest absolute Gasteiger partial charge is 0.472 e. The monoisotopic (exact) mass is 838 g/mol. The number of phosphoric acid groups is 1. The number of rotatable bonds is 43. The number of nitrogens with zero attached hydrogens (tertiary/aromatic N) is 1. The number of phosphoric ester groups is 1. The Balaban J connectivity index is 4.39. The molecule has 0 aromatic carbocycles. The second kappa shape index (κ2) is 40.8. The first-order chi connectivity index (χ1) is 28.0. The molecule has 0 bridgehead atoms. The van der Waals surface area contributed by atoms with Crippen LogP contribution in [0.3, 0.4) is 0 Å². The standard InChI is InChI=1S/C49H93N2O6P/c1-6-8-10-12-14-16-18-20-22-23-24-25-26-27-29-31-33-35-37-39-41-43-49(53)50-47(46-57-58(54,55)56-45-44-51(3,4)5)48(52)42-40-38-36-34-32-30-28-21-19-17-15-13-11-9-7-2/h19,21,23-24,32,34,40,42,47-48,52H,6-18,20,22,25-31,33,35-39,41,43-46H2,1-5H3,(H-,50,53,54,55)/p+1/b21-19+,24-23-,34-32+,42-40+. The minimum atomic E-state index is -4.35. The fourth-order valence-electron chi connectivity index (χ4n) is 6.66. The molecule has 8 nitrogen and oxygen atoms in total. The predicted octanol–water partition coefficient (Wildman–Crippen LogP) is 13.6. The van der Waals surface area contributed by atoms with Crippen molar-refractivity contribution in [2.45, 2.75) is 219 Å². The Morgan fingerprint density at radius 1 is 0.569 bits per heavy atom. The van der Waals surface area contributed by atoms with Gasteiger partial charge < -0.3 is 19.8 Å². The molecule has 0 radical (unpaired) electrons. The second-order valence-electron chi connectivity index (χ2n) is 17.5. The molecule has 0 heterocycles. The third-order valence-electron chi connectivity index (χ3n) is 10.5. The number of hydrogen-bond acceptors (Lipinski definition) is 5. The average Bonchev–Trinajstić information content (AvgIpc) is 3.17. The third-order valence-corrected chi connectivity index (χ3v) is 11.5. The second-order valence-corrected chi connectivity index (χ2v) is 18.9. The molecule has 1 amide bonds. The molecule has 0 fully saturated rings. The Morgan fingerprint density at radius 3 is 1.38 bits per heavy atom. The molecule has 0 aromatic heterocycles. The quantitative estimate of drug-likeness (QED) is 0.0244. The van der Waals surface area contributed by atoms with E-state index in [9.17, 15) is 19.4 Å². The van der Waals surface area contributed by atoms with Crippen molar-refractivity contribution >= 4 is 13.7 Å². The molecule has 3 N–H and O–H groups in total. The van der Waals surface area contributed by atoms with Gasteiger partial charge in [-0.15, -0.1) is 0 Å². The number of hydrogen-bond donors (Lipinski definition) is 3. The van der Waals surface area contributed by atoms with Gasteiger partial charge in [0, 0.05) is 6.42 Å². The normalized spacial score (nSPS) is 14.7. The number of unbranched alkanes of at least 4 members (excludes halogenated alkanes) is 24. The summed E-state index contributed by atoms with van der Waals surface area (Å²) >= 11 is 0. The Kier molecular flexibility index (Phi) is 39.8. The van der Waals surface area contributed by atoms with E-state index in [0.29, 0.717) is 17.4 Å². The zero-order valence-electron chi connectivity index (χ0n) is 38.5. The van der Waals surface area contributed by atoms with E-state index in [4.69, 9.17) is 9.05 Å². The molecule has 0 aliphatic rings. The lowest BCUT2D eigenvalue weighted by atomic mass is 10.0. The fraction of sp³-hybridized carbons (Fsp3) is 0.816. The van der Waals surface area contributed by atoms with Gasteiger partial charge in [-0.2, -0.15) is 0 Å². The van der Waals surface area contributed by atoms with Crippen LogP contribution in [-0.4, -0.2) is 73.4 Å². The van der Waals surface area contributed by atoms with Gasteiger partial charge in [0.2, 0.25) is 5.91 Å². The molecular formula is C49H94N2O6P+. The van der Waals surface area contributed by atoms with Crippen molar-refractivity contribution in [3.8, 4) is 0 Å². The molecule has 340 valence electrons. The van der Waals surface area contributed by atoms with Crippen LogP contribution >= 0.6 is 7.82 Å². The van der Waals surface area contributed by atoms with Crippen LogP contribution in [0.1, 0.15) is 206 Å².